The van der Waals surface area contributed by atoms with Gasteiger partial charge in [-0.3, -0.25) is 4.90 Å². The minimum absolute atomic E-state index is 0.0559. The Hall–Kier alpha value is -1.27. The summed E-state index contributed by atoms with van der Waals surface area (Å²) >= 11 is 3.37. The molecule has 2 rings (SSSR count). The van der Waals surface area contributed by atoms with E-state index in [1.807, 2.05) is 13.8 Å². The number of aryl methyl sites for hydroxylation is 1. The lowest BCUT2D eigenvalue weighted by Gasteiger charge is -2.25. The van der Waals surface area contributed by atoms with Crippen LogP contribution in [0.15, 0.2) is 27.1 Å². The van der Waals surface area contributed by atoms with Crippen LogP contribution in [0, 0.1) is 12.7 Å². The quantitative estimate of drug-likeness (QED) is 0.827. The van der Waals surface area contributed by atoms with Crippen molar-refractivity contribution in [3.8, 4) is 0 Å². The van der Waals surface area contributed by atoms with Gasteiger partial charge >= 0.3 is 0 Å². The van der Waals surface area contributed by atoms with Crippen molar-refractivity contribution in [3.05, 3.63) is 45.8 Å². The summed E-state index contributed by atoms with van der Waals surface area (Å²) in [5.41, 5.74) is 0.643. The van der Waals surface area contributed by atoms with Crippen molar-refractivity contribution >= 4 is 15.9 Å². The Morgan fingerprint density at radius 1 is 1.40 bits per heavy atom. The predicted octanol–water partition coefficient (Wildman–Crippen LogP) is 3.86. The molecule has 0 amide bonds. The van der Waals surface area contributed by atoms with Crippen molar-refractivity contribution in [2.75, 3.05) is 6.54 Å². The minimum Gasteiger partial charge on any atom is -0.424 e. The molecule has 1 heterocycles. The van der Waals surface area contributed by atoms with E-state index in [1.54, 1.807) is 19.1 Å². The number of halogens is 2. The standard InChI is InChI=1S/C14H17BrFN3O/c1-4-19(9(2)14-18-17-10(3)20-14)8-11-7-12(15)5-6-13(11)16/h5-7,9H,4,8H2,1-3H3/t9-/m1/s1. The van der Waals surface area contributed by atoms with Crippen molar-refractivity contribution in [3.63, 3.8) is 0 Å². The lowest BCUT2D eigenvalue weighted by molar-refractivity contribution is 0.180. The molecule has 1 aromatic heterocycles. The molecule has 0 fully saturated rings. The predicted molar refractivity (Wildman–Crippen MR) is 77.6 cm³/mol. The first-order valence-electron chi connectivity index (χ1n) is 6.49. The SMILES string of the molecule is CCN(Cc1cc(Br)ccc1F)[C@H](C)c1nnc(C)o1. The topological polar surface area (TPSA) is 42.2 Å². The van der Waals surface area contributed by atoms with Crippen LogP contribution in [0.1, 0.15) is 37.2 Å². The van der Waals surface area contributed by atoms with Gasteiger partial charge in [0.25, 0.3) is 0 Å². The first kappa shape index (κ1) is 15.1. The highest BCUT2D eigenvalue weighted by molar-refractivity contribution is 9.10. The fourth-order valence-electron chi connectivity index (χ4n) is 2.04. The van der Waals surface area contributed by atoms with Crippen LogP contribution >= 0.6 is 15.9 Å². The van der Waals surface area contributed by atoms with Gasteiger partial charge in [-0.2, -0.15) is 0 Å². The normalized spacial score (nSPS) is 12.9. The number of nitrogens with zero attached hydrogens (tertiary/aromatic N) is 3. The van der Waals surface area contributed by atoms with E-state index in [9.17, 15) is 4.39 Å². The maximum absolute atomic E-state index is 13.8. The zero-order chi connectivity index (χ0) is 14.7. The second-order valence-corrected chi connectivity index (χ2v) is 5.55. The van der Waals surface area contributed by atoms with Gasteiger partial charge in [0.2, 0.25) is 11.8 Å². The molecule has 0 bridgehead atoms. The number of aromatic nitrogens is 2. The Balaban J connectivity index is 2.18. The summed E-state index contributed by atoms with van der Waals surface area (Å²) in [6.07, 6.45) is 0. The van der Waals surface area contributed by atoms with Crippen LogP contribution in [-0.4, -0.2) is 21.6 Å². The monoisotopic (exact) mass is 341 g/mol. The van der Waals surface area contributed by atoms with Gasteiger partial charge in [-0.1, -0.05) is 22.9 Å². The summed E-state index contributed by atoms with van der Waals surface area (Å²) in [4.78, 5) is 2.08. The molecule has 20 heavy (non-hydrogen) atoms. The molecule has 0 spiro atoms. The number of hydrogen-bond acceptors (Lipinski definition) is 4. The molecule has 0 unspecified atom stereocenters. The molecular weight excluding hydrogens is 325 g/mol. The van der Waals surface area contributed by atoms with Crippen LogP contribution in [0.3, 0.4) is 0 Å². The van der Waals surface area contributed by atoms with Crippen LogP contribution in [0.25, 0.3) is 0 Å². The Morgan fingerprint density at radius 2 is 2.15 bits per heavy atom. The van der Waals surface area contributed by atoms with E-state index in [4.69, 9.17) is 4.42 Å². The van der Waals surface area contributed by atoms with E-state index in [0.717, 1.165) is 11.0 Å². The summed E-state index contributed by atoms with van der Waals surface area (Å²) in [7, 11) is 0. The van der Waals surface area contributed by atoms with Crippen LogP contribution in [-0.2, 0) is 6.54 Å². The van der Waals surface area contributed by atoms with Crippen molar-refractivity contribution < 1.29 is 8.81 Å². The summed E-state index contributed by atoms with van der Waals surface area (Å²) in [6.45, 7) is 7.01. The maximum Gasteiger partial charge on any atom is 0.233 e. The average Bonchev–Trinajstić information content (AvgIpc) is 2.85. The Kier molecular flexibility index (Phi) is 4.88. The van der Waals surface area contributed by atoms with Gasteiger partial charge in [-0.05, 0) is 31.7 Å². The molecule has 0 radical (unpaired) electrons. The lowest BCUT2D eigenvalue weighted by atomic mass is 10.1. The zero-order valence-electron chi connectivity index (χ0n) is 11.7. The highest BCUT2D eigenvalue weighted by Crippen LogP contribution is 2.23. The molecule has 0 saturated heterocycles. The van der Waals surface area contributed by atoms with Crippen molar-refractivity contribution in [1.82, 2.24) is 15.1 Å². The van der Waals surface area contributed by atoms with Gasteiger partial charge in [0.05, 0.1) is 6.04 Å². The molecule has 0 aliphatic heterocycles. The number of hydrogen-bond donors (Lipinski definition) is 0. The van der Waals surface area contributed by atoms with Crippen molar-refractivity contribution in [2.45, 2.75) is 33.4 Å². The summed E-state index contributed by atoms with van der Waals surface area (Å²) in [6, 6.07) is 4.90. The van der Waals surface area contributed by atoms with Gasteiger partial charge < -0.3 is 4.42 Å². The molecule has 2 aromatic rings. The number of rotatable bonds is 5. The summed E-state index contributed by atoms with van der Waals surface area (Å²) in [5.74, 6) is 0.886. The first-order valence-corrected chi connectivity index (χ1v) is 7.28. The molecule has 1 atom stereocenters. The highest BCUT2D eigenvalue weighted by Gasteiger charge is 2.20. The van der Waals surface area contributed by atoms with Gasteiger partial charge in [0, 0.05) is 23.5 Å². The summed E-state index contributed by atoms with van der Waals surface area (Å²) in [5, 5.41) is 7.87. The second-order valence-electron chi connectivity index (χ2n) is 4.63. The molecule has 0 aliphatic rings. The van der Waals surface area contributed by atoms with Gasteiger partial charge in [0.1, 0.15) is 5.82 Å². The minimum atomic E-state index is -0.208. The molecule has 0 aliphatic carbocycles. The van der Waals surface area contributed by atoms with E-state index in [-0.39, 0.29) is 11.9 Å². The maximum atomic E-state index is 13.8. The lowest BCUT2D eigenvalue weighted by Crippen LogP contribution is -2.27. The van der Waals surface area contributed by atoms with E-state index in [0.29, 0.717) is 23.9 Å². The Morgan fingerprint density at radius 3 is 2.75 bits per heavy atom. The van der Waals surface area contributed by atoms with Gasteiger partial charge in [-0.25, -0.2) is 4.39 Å². The molecular formula is C14H17BrFN3O. The van der Waals surface area contributed by atoms with E-state index >= 15 is 0 Å². The first-order chi connectivity index (χ1) is 9.51. The van der Waals surface area contributed by atoms with Crippen LogP contribution in [0.2, 0.25) is 0 Å². The van der Waals surface area contributed by atoms with Crippen molar-refractivity contribution in [1.29, 1.82) is 0 Å². The molecule has 1 aromatic carbocycles. The number of benzene rings is 1. The largest absolute Gasteiger partial charge is 0.424 e. The highest BCUT2D eigenvalue weighted by atomic mass is 79.9. The van der Waals surface area contributed by atoms with Crippen LogP contribution < -0.4 is 0 Å². The molecule has 4 nitrogen and oxygen atoms in total. The van der Waals surface area contributed by atoms with E-state index < -0.39 is 0 Å². The Bertz CT molecular complexity index is 588. The zero-order valence-corrected chi connectivity index (χ0v) is 13.3. The third-order valence-corrected chi connectivity index (χ3v) is 3.73. The summed E-state index contributed by atoms with van der Waals surface area (Å²) < 4.78 is 20.2. The fraction of sp³-hybridized carbons (Fsp3) is 0.429. The third-order valence-electron chi connectivity index (χ3n) is 3.23. The molecule has 0 N–H and O–H groups in total. The van der Waals surface area contributed by atoms with E-state index in [1.165, 1.54) is 6.07 Å². The van der Waals surface area contributed by atoms with Crippen molar-refractivity contribution in [2.24, 2.45) is 0 Å². The van der Waals surface area contributed by atoms with Gasteiger partial charge in [0.15, 0.2) is 0 Å². The smallest absolute Gasteiger partial charge is 0.233 e. The van der Waals surface area contributed by atoms with Crippen LogP contribution in [0.4, 0.5) is 4.39 Å². The molecule has 6 heteroatoms. The third kappa shape index (κ3) is 3.43. The fourth-order valence-corrected chi connectivity index (χ4v) is 2.45. The molecule has 0 saturated carbocycles. The van der Waals surface area contributed by atoms with E-state index in [2.05, 4.69) is 31.0 Å². The average molecular weight is 342 g/mol. The van der Waals surface area contributed by atoms with Gasteiger partial charge in [-0.15, -0.1) is 10.2 Å². The second kappa shape index (κ2) is 6.45. The van der Waals surface area contributed by atoms with Crippen LogP contribution in [0.5, 0.6) is 0 Å². The Labute approximate surface area is 126 Å². The molecule has 108 valence electrons.